The van der Waals surface area contributed by atoms with Crippen LogP contribution in [0.15, 0.2) is 41.2 Å². The lowest BCUT2D eigenvalue weighted by Gasteiger charge is -2.11. The number of benzene rings is 1. The minimum Gasteiger partial charge on any atom is -0.493 e. The van der Waals surface area contributed by atoms with Crippen LogP contribution in [-0.4, -0.2) is 30.3 Å². The van der Waals surface area contributed by atoms with Crippen LogP contribution in [0, 0.1) is 3.95 Å². The summed E-state index contributed by atoms with van der Waals surface area (Å²) in [6, 6.07) is 6.75. The van der Waals surface area contributed by atoms with E-state index < -0.39 is 18.1 Å². The zero-order valence-electron chi connectivity index (χ0n) is 15.7. The molecule has 2 N–H and O–H groups in total. The number of carboxylic acids is 1. The lowest BCUT2D eigenvalue weighted by Crippen LogP contribution is -2.45. The topological polar surface area (TPSA) is 107 Å². The summed E-state index contributed by atoms with van der Waals surface area (Å²) in [4.78, 5) is 28.9. The average molecular weight is 476 g/mol. The highest BCUT2D eigenvalue weighted by Crippen LogP contribution is 2.28. The number of nitrogens with zero attached hydrogens (tertiary/aromatic N) is 3. The van der Waals surface area contributed by atoms with Crippen LogP contribution < -0.4 is 21.0 Å². The number of hydrogen-bond donors (Lipinski definition) is 2. The second-order valence-electron chi connectivity index (χ2n) is 6.41. The first kappa shape index (κ1) is 21.0. The Balaban J connectivity index is 1.96. The van der Waals surface area contributed by atoms with Crippen molar-refractivity contribution in [3.8, 4) is 17.5 Å². The fourth-order valence-corrected chi connectivity index (χ4v) is 4.36. The maximum Gasteiger partial charge on any atom is 0.323 e. The molecule has 11 heteroatoms. The highest BCUT2D eigenvalue weighted by Gasteiger charge is 2.16. The molecule has 1 aliphatic rings. The summed E-state index contributed by atoms with van der Waals surface area (Å²) in [5.41, 5.74) is 0.0168. The number of hydrogen-bond acceptors (Lipinski definition) is 7. The number of para-hydroxylation sites is 1. The molecular weight excluding hydrogens is 462 g/mol. The van der Waals surface area contributed by atoms with Crippen LogP contribution in [0.2, 0.25) is 5.02 Å². The molecule has 4 rings (SSSR count). The smallest absolute Gasteiger partial charge is 0.323 e. The molecule has 0 aliphatic carbocycles. The number of fused-ring (bicyclic) bond motifs is 1. The maximum absolute atomic E-state index is 13.2. The van der Waals surface area contributed by atoms with Gasteiger partial charge >= 0.3 is 5.97 Å². The van der Waals surface area contributed by atoms with Crippen LogP contribution in [0.4, 0.5) is 0 Å². The van der Waals surface area contributed by atoms with Gasteiger partial charge in [-0.2, -0.15) is 4.98 Å². The largest absolute Gasteiger partial charge is 0.493 e. The van der Waals surface area contributed by atoms with E-state index >= 15 is 0 Å². The highest BCUT2D eigenvalue weighted by molar-refractivity contribution is 7.73. The Morgan fingerprint density at radius 2 is 2.16 bits per heavy atom. The molecule has 3 heterocycles. The molecular formula is C20H14ClN3O5S2. The summed E-state index contributed by atoms with van der Waals surface area (Å²) in [5, 5.41) is 19.9. The van der Waals surface area contributed by atoms with Gasteiger partial charge in [0.1, 0.15) is 23.0 Å². The van der Waals surface area contributed by atoms with Crippen LogP contribution in [0.5, 0.6) is 17.5 Å². The van der Waals surface area contributed by atoms with Crippen LogP contribution in [0.25, 0.3) is 12.2 Å². The fraction of sp³-hybridized carbons (Fsp3) is 0.100. The summed E-state index contributed by atoms with van der Waals surface area (Å²) >= 11 is 12.3. The van der Waals surface area contributed by atoms with E-state index in [1.54, 1.807) is 42.5 Å². The SMILES string of the molecule is O=C(O)Cn1c(O)c(/C=c2\c(Oc3ccccc3Cl)nc3n(c2=O)CC=CC=3)sc1=S. The third-order valence-corrected chi connectivity index (χ3v) is 6.07. The zero-order valence-corrected chi connectivity index (χ0v) is 18.1. The third-order valence-electron chi connectivity index (χ3n) is 4.37. The van der Waals surface area contributed by atoms with Crippen molar-refractivity contribution >= 4 is 53.3 Å². The van der Waals surface area contributed by atoms with E-state index in [0.29, 0.717) is 22.8 Å². The molecule has 0 unspecified atom stereocenters. The van der Waals surface area contributed by atoms with Gasteiger partial charge in [0.25, 0.3) is 5.56 Å². The Bertz CT molecular complexity index is 1470. The second-order valence-corrected chi connectivity index (χ2v) is 8.49. The van der Waals surface area contributed by atoms with Crippen molar-refractivity contribution in [2.45, 2.75) is 13.1 Å². The molecule has 0 spiro atoms. The van der Waals surface area contributed by atoms with Crippen LogP contribution in [-0.2, 0) is 17.9 Å². The van der Waals surface area contributed by atoms with E-state index in [0.717, 1.165) is 15.9 Å². The number of rotatable bonds is 5. The number of aromatic hydroxyl groups is 1. The number of halogens is 1. The van der Waals surface area contributed by atoms with E-state index in [4.69, 9.17) is 33.7 Å². The molecule has 158 valence electrons. The Morgan fingerprint density at radius 3 is 2.90 bits per heavy atom. The van der Waals surface area contributed by atoms with Crippen molar-refractivity contribution in [2.75, 3.05) is 0 Å². The number of carbonyl (C=O) groups is 1. The van der Waals surface area contributed by atoms with Crippen molar-refractivity contribution in [3.05, 3.63) is 71.3 Å². The number of carboxylic acid groups (broad SMARTS) is 1. The number of allylic oxidation sites excluding steroid dienone is 2. The normalized spacial score (nSPS) is 13.0. The van der Waals surface area contributed by atoms with Gasteiger partial charge in [0.05, 0.1) is 9.90 Å². The number of thiazole rings is 1. The molecule has 0 bridgehead atoms. The lowest BCUT2D eigenvalue weighted by molar-refractivity contribution is -0.137. The van der Waals surface area contributed by atoms with Crippen LogP contribution >= 0.6 is 35.2 Å². The molecule has 1 aliphatic heterocycles. The summed E-state index contributed by atoms with van der Waals surface area (Å²) < 4.78 is 8.55. The van der Waals surface area contributed by atoms with Crippen LogP contribution in [0.3, 0.4) is 0 Å². The first-order chi connectivity index (χ1) is 14.8. The summed E-state index contributed by atoms with van der Waals surface area (Å²) in [6.45, 7) is -0.175. The van der Waals surface area contributed by atoms with Crippen molar-refractivity contribution < 1.29 is 19.7 Å². The van der Waals surface area contributed by atoms with Gasteiger partial charge < -0.3 is 14.9 Å². The molecule has 8 nitrogen and oxygen atoms in total. The van der Waals surface area contributed by atoms with Crippen molar-refractivity contribution in [1.29, 1.82) is 0 Å². The number of ether oxygens (including phenoxy) is 1. The molecule has 2 aromatic heterocycles. The fourth-order valence-electron chi connectivity index (χ4n) is 2.94. The minimum absolute atomic E-state index is 0.000553. The van der Waals surface area contributed by atoms with Crippen molar-refractivity contribution in [3.63, 3.8) is 0 Å². The predicted octanol–water partition coefficient (Wildman–Crippen LogP) is 2.25. The Labute approximate surface area is 188 Å². The van der Waals surface area contributed by atoms with Gasteiger partial charge in [-0.1, -0.05) is 35.9 Å². The van der Waals surface area contributed by atoms with Gasteiger partial charge in [-0.15, -0.1) is 11.3 Å². The standard InChI is InChI=1S/C20H14ClN3O5S2/c21-12-5-1-2-6-13(12)29-17-11(18(27)23-8-4-3-7-15(23)22-17)9-14-19(28)24(10-16(25)26)20(30)31-14/h1-7,9,28H,8,10H2,(H,25,26)/b11-9+. The van der Waals surface area contributed by atoms with Crippen molar-refractivity contribution in [1.82, 2.24) is 14.1 Å². The van der Waals surface area contributed by atoms with Crippen molar-refractivity contribution in [2.24, 2.45) is 0 Å². The van der Waals surface area contributed by atoms with Gasteiger partial charge in [-0.25, -0.2) is 0 Å². The first-order valence-corrected chi connectivity index (χ1v) is 10.5. The van der Waals surface area contributed by atoms with E-state index in [1.807, 2.05) is 0 Å². The summed E-state index contributed by atoms with van der Waals surface area (Å²) in [7, 11) is 0. The van der Waals surface area contributed by atoms with E-state index in [-0.39, 0.29) is 25.8 Å². The zero-order chi connectivity index (χ0) is 22.1. The van der Waals surface area contributed by atoms with E-state index in [1.165, 1.54) is 10.6 Å². The van der Waals surface area contributed by atoms with Crippen LogP contribution in [0.1, 0.15) is 4.88 Å². The minimum atomic E-state index is -1.16. The number of aromatic nitrogens is 3. The van der Waals surface area contributed by atoms with E-state index in [9.17, 15) is 14.7 Å². The molecule has 0 saturated carbocycles. The Morgan fingerprint density at radius 1 is 1.39 bits per heavy atom. The lowest BCUT2D eigenvalue weighted by atomic mass is 10.3. The van der Waals surface area contributed by atoms with E-state index in [2.05, 4.69) is 4.98 Å². The number of aliphatic carboxylic acids is 1. The summed E-state index contributed by atoms with van der Waals surface area (Å²) in [5.74, 6) is -1.20. The first-order valence-electron chi connectivity index (χ1n) is 8.91. The van der Waals surface area contributed by atoms with Gasteiger partial charge in [-0.3, -0.25) is 18.7 Å². The second kappa shape index (κ2) is 8.50. The molecule has 1 aromatic carbocycles. The Kier molecular flexibility index (Phi) is 5.77. The molecule has 0 fully saturated rings. The predicted molar refractivity (Wildman–Crippen MR) is 119 cm³/mol. The molecule has 0 radical (unpaired) electrons. The molecule has 3 aromatic rings. The third kappa shape index (κ3) is 4.18. The Hall–Kier alpha value is -3.21. The van der Waals surface area contributed by atoms with Gasteiger partial charge in [0, 0.05) is 6.54 Å². The molecule has 0 amide bonds. The van der Waals surface area contributed by atoms with Gasteiger partial charge in [-0.05, 0) is 36.5 Å². The molecule has 0 atom stereocenters. The molecule has 0 saturated heterocycles. The maximum atomic E-state index is 13.2. The highest BCUT2D eigenvalue weighted by atomic mass is 35.5. The van der Waals surface area contributed by atoms with Gasteiger partial charge in [0.2, 0.25) is 11.8 Å². The summed E-state index contributed by atoms with van der Waals surface area (Å²) in [6.07, 6.45) is 6.66. The average Bonchev–Trinajstić information content (AvgIpc) is 2.99. The van der Waals surface area contributed by atoms with Gasteiger partial charge in [0.15, 0.2) is 3.95 Å². The quantitative estimate of drug-likeness (QED) is 0.545. The molecule has 31 heavy (non-hydrogen) atoms. The monoisotopic (exact) mass is 475 g/mol.